The van der Waals surface area contributed by atoms with Gasteiger partial charge < -0.3 is 11.1 Å². The molecule has 1 saturated heterocycles. The Labute approximate surface area is 103 Å². The van der Waals surface area contributed by atoms with Crippen LogP contribution in [-0.4, -0.2) is 28.5 Å². The molecule has 1 heterocycles. The Morgan fingerprint density at radius 3 is 2.75 bits per heavy atom. The van der Waals surface area contributed by atoms with Crippen LogP contribution in [0.2, 0.25) is 0 Å². The lowest BCUT2D eigenvalue weighted by molar-refractivity contribution is -0.121. The van der Waals surface area contributed by atoms with Crippen LogP contribution in [0.3, 0.4) is 0 Å². The van der Waals surface area contributed by atoms with E-state index in [4.69, 9.17) is 5.73 Å². The standard InChI is InChI=1S/C12H24N2OS/c1-11(2,13)7-5-10(15)14-9-12(3)6-4-8-16-12/h4-9,13H2,1-3H3,(H,14,15). The van der Waals surface area contributed by atoms with E-state index in [0.717, 1.165) is 13.0 Å². The minimum atomic E-state index is -0.247. The molecule has 4 heteroatoms. The summed E-state index contributed by atoms with van der Waals surface area (Å²) in [6.45, 7) is 6.93. The molecular weight excluding hydrogens is 220 g/mol. The first-order chi connectivity index (χ1) is 7.31. The van der Waals surface area contributed by atoms with E-state index in [1.807, 2.05) is 25.6 Å². The van der Waals surface area contributed by atoms with Crippen molar-refractivity contribution in [2.45, 2.75) is 56.7 Å². The summed E-state index contributed by atoms with van der Waals surface area (Å²) in [5, 5.41) is 3.02. The molecule has 3 N–H and O–H groups in total. The van der Waals surface area contributed by atoms with Crippen molar-refractivity contribution in [3.05, 3.63) is 0 Å². The fourth-order valence-corrected chi connectivity index (χ4v) is 3.03. The quantitative estimate of drug-likeness (QED) is 0.776. The molecular formula is C12H24N2OS. The van der Waals surface area contributed by atoms with E-state index in [9.17, 15) is 4.79 Å². The normalized spacial score (nSPS) is 25.8. The highest BCUT2D eigenvalue weighted by molar-refractivity contribution is 8.00. The summed E-state index contributed by atoms with van der Waals surface area (Å²) in [6.07, 6.45) is 3.75. The topological polar surface area (TPSA) is 55.1 Å². The minimum Gasteiger partial charge on any atom is -0.355 e. The first kappa shape index (κ1) is 13.8. The zero-order chi connectivity index (χ0) is 12.2. The highest BCUT2D eigenvalue weighted by Crippen LogP contribution is 2.36. The predicted octanol–water partition coefficient (Wildman–Crippen LogP) is 1.91. The first-order valence-electron chi connectivity index (χ1n) is 6.00. The molecule has 1 atom stereocenters. The highest BCUT2D eigenvalue weighted by Gasteiger charge is 2.29. The van der Waals surface area contributed by atoms with Gasteiger partial charge in [0, 0.05) is 23.3 Å². The van der Waals surface area contributed by atoms with Gasteiger partial charge in [-0.1, -0.05) is 0 Å². The number of nitrogens with one attached hydrogen (secondary N) is 1. The smallest absolute Gasteiger partial charge is 0.220 e. The van der Waals surface area contributed by atoms with Crippen LogP contribution in [0.5, 0.6) is 0 Å². The predicted molar refractivity (Wildman–Crippen MR) is 70.6 cm³/mol. The van der Waals surface area contributed by atoms with Crippen LogP contribution < -0.4 is 11.1 Å². The maximum atomic E-state index is 11.6. The Morgan fingerprint density at radius 2 is 2.25 bits per heavy atom. The Balaban J connectivity index is 2.20. The van der Waals surface area contributed by atoms with Gasteiger partial charge in [-0.3, -0.25) is 4.79 Å². The lowest BCUT2D eigenvalue weighted by Crippen LogP contribution is -2.38. The second-order valence-electron chi connectivity index (χ2n) is 5.67. The maximum absolute atomic E-state index is 11.6. The third-order valence-corrected chi connectivity index (χ3v) is 4.49. The number of thioether (sulfide) groups is 1. The monoisotopic (exact) mass is 244 g/mol. The van der Waals surface area contributed by atoms with Gasteiger partial charge in [-0.05, 0) is 45.8 Å². The lowest BCUT2D eigenvalue weighted by atomic mass is 10.00. The van der Waals surface area contributed by atoms with Gasteiger partial charge in [0.05, 0.1) is 0 Å². The number of hydrogen-bond acceptors (Lipinski definition) is 3. The van der Waals surface area contributed by atoms with E-state index < -0.39 is 0 Å². The van der Waals surface area contributed by atoms with E-state index in [2.05, 4.69) is 12.2 Å². The Bertz CT molecular complexity index is 242. The van der Waals surface area contributed by atoms with Crippen LogP contribution in [0.25, 0.3) is 0 Å². The van der Waals surface area contributed by atoms with Crippen molar-refractivity contribution in [2.24, 2.45) is 5.73 Å². The van der Waals surface area contributed by atoms with Gasteiger partial charge in [0.2, 0.25) is 5.91 Å². The number of rotatable bonds is 5. The van der Waals surface area contributed by atoms with Crippen LogP contribution in [0.1, 0.15) is 46.5 Å². The zero-order valence-electron chi connectivity index (χ0n) is 10.6. The molecule has 94 valence electrons. The number of hydrogen-bond donors (Lipinski definition) is 2. The molecule has 1 fully saturated rings. The second kappa shape index (κ2) is 5.41. The molecule has 0 aliphatic carbocycles. The first-order valence-corrected chi connectivity index (χ1v) is 6.99. The highest BCUT2D eigenvalue weighted by atomic mass is 32.2. The van der Waals surface area contributed by atoms with E-state index in [0.29, 0.717) is 6.42 Å². The number of carbonyl (C=O) groups is 1. The fourth-order valence-electron chi connectivity index (χ4n) is 1.79. The number of carbonyl (C=O) groups excluding carboxylic acids is 1. The summed E-state index contributed by atoms with van der Waals surface area (Å²) in [6, 6.07) is 0. The van der Waals surface area contributed by atoms with Crippen molar-refractivity contribution in [1.29, 1.82) is 0 Å². The molecule has 16 heavy (non-hydrogen) atoms. The molecule has 0 bridgehead atoms. The molecule has 0 aromatic carbocycles. The molecule has 1 unspecified atom stereocenters. The maximum Gasteiger partial charge on any atom is 0.220 e. The van der Waals surface area contributed by atoms with E-state index in [1.165, 1.54) is 18.6 Å². The summed E-state index contributed by atoms with van der Waals surface area (Å²) in [4.78, 5) is 11.6. The van der Waals surface area contributed by atoms with Crippen molar-refractivity contribution < 1.29 is 4.79 Å². The lowest BCUT2D eigenvalue weighted by Gasteiger charge is -2.23. The molecule has 3 nitrogen and oxygen atoms in total. The van der Waals surface area contributed by atoms with Gasteiger partial charge in [0.25, 0.3) is 0 Å². The van der Waals surface area contributed by atoms with Gasteiger partial charge in [-0.2, -0.15) is 11.8 Å². The van der Waals surface area contributed by atoms with Gasteiger partial charge in [-0.25, -0.2) is 0 Å². The molecule has 0 radical (unpaired) electrons. The molecule has 0 saturated carbocycles. The SMILES string of the molecule is CC(C)(N)CCC(=O)NCC1(C)CCCS1. The van der Waals surface area contributed by atoms with Crippen LogP contribution in [0, 0.1) is 0 Å². The van der Waals surface area contributed by atoms with Crippen LogP contribution in [0.15, 0.2) is 0 Å². The average molecular weight is 244 g/mol. The summed E-state index contributed by atoms with van der Waals surface area (Å²) in [5.41, 5.74) is 5.60. The van der Waals surface area contributed by atoms with Gasteiger partial charge in [-0.15, -0.1) is 0 Å². The molecule has 0 spiro atoms. The van der Waals surface area contributed by atoms with Crippen molar-refractivity contribution in [3.63, 3.8) is 0 Å². The van der Waals surface area contributed by atoms with Crippen molar-refractivity contribution in [2.75, 3.05) is 12.3 Å². The summed E-state index contributed by atoms with van der Waals surface area (Å²) in [7, 11) is 0. The van der Waals surface area contributed by atoms with E-state index >= 15 is 0 Å². The molecule has 1 rings (SSSR count). The van der Waals surface area contributed by atoms with E-state index in [-0.39, 0.29) is 16.2 Å². The van der Waals surface area contributed by atoms with Gasteiger partial charge in [0.1, 0.15) is 0 Å². The molecule has 1 amide bonds. The Morgan fingerprint density at radius 1 is 1.56 bits per heavy atom. The molecule has 0 aromatic rings. The third-order valence-electron chi connectivity index (χ3n) is 2.96. The Kier molecular flexibility index (Phi) is 4.68. The third kappa shape index (κ3) is 5.21. The minimum absolute atomic E-state index is 0.132. The number of amides is 1. The van der Waals surface area contributed by atoms with Crippen molar-refractivity contribution >= 4 is 17.7 Å². The largest absolute Gasteiger partial charge is 0.355 e. The summed E-state index contributed by atoms with van der Waals surface area (Å²) in [5.74, 6) is 1.36. The van der Waals surface area contributed by atoms with Crippen molar-refractivity contribution in [1.82, 2.24) is 5.32 Å². The molecule has 1 aliphatic rings. The van der Waals surface area contributed by atoms with Gasteiger partial charge >= 0.3 is 0 Å². The second-order valence-corrected chi connectivity index (χ2v) is 7.35. The van der Waals surface area contributed by atoms with Crippen LogP contribution in [-0.2, 0) is 4.79 Å². The summed E-state index contributed by atoms with van der Waals surface area (Å²) >= 11 is 1.97. The van der Waals surface area contributed by atoms with Crippen LogP contribution in [0.4, 0.5) is 0 Å². The zero-order valence-corrected chi connectivity index (χ0v) is 11.5. The van der Waals surface area contributed by atoms with Crippen molar-refractivity contribution in [3.8, 4) is 0 Å². The van der Waals surface area contributed by atoms with Gasteiger partial charge in [0.15, 0.2) is 0 Å². The summed E-state index contributed by atoms with van der Waals surface area (Å²) < 4.78 is 0.258. The average Bonchev–Trinajstić information content (AvgIpc) is 2.59. The fraction of sp³-hybridized carbons (Fsp3) is 0.917. The Hall–Kier alpha value is -0.220. The molecule has 0 aromatic heterocycles. The molecule has 1 aliphatic heterocycles. The number of nitrogens with two attached hydrogens (primary N) is 1. The van der Waals surface area contributed by atoms with E-state index in [1.54, 1.807) is 0 Å². The van der Waals surface area contributed by atoms with Crippen LogP contribution >= 0.6 is 11.8 Å².